The third kappa shape index (κ3) is 13.9. The number of unbranched alkanes of at least 4 members (excludes halogenated alkanes) is 7. The molecule has 0 aliphatic rings. The molecular weight excluding hydrogens is 208 g/mol. The summed E-state index contributed by atoms with van der Waals surface area (Å²) in [7, 11) is 0. The van der Waals surface area contributed by atoms with Crippen molar-refractivity contribution >= 4 is 0 Å². The van der Waals surface area contributed by atoms with E-state index in [0.717, 1.165) is 6.54 Å². The Morgan fingerprint density at radius 3 is 2.06 bits per heavy atom. The highest BCUT2D eigenvalue weighted by molar-refractivity contribution is 4.60. The Morgan fingerprint density at radius 2 is 1.47 bits per heavy atom. The van der Waals surface area contributed by atoms with Crippen LogP contribution in [-0.2, 0) is 0 Å². The average Bonchev–Trinajstić information content (AvgIpc) is 2.34. The van der Waals surface area contributed by atoms with Gasteiger partial charge in [0.15, 0.2) is 0 Å². The Bertz CT molecular complexity index is 137. The molecule has 0 heterocycles. The molecule has 17 heavy (non-hydrogen) atoms. The van der Waals surface area contributed by atoms with Gasteiger partial charge in [-0.15, -0.1) is 0 Å². The van der Waals surface area contributed by atoms with E-state index in [-0.39, 0.29) is 0 Å². The Hall–Kier alpha value is -0.0800. The van der Waals surface area contributed by atoms with Crippen molar-refractivity contribution in [3.05, 3.63) is 0 Å². The maximum absolute atomic E-state index is 5.46. The zero-order valence-corrected chi connectivity index (χ0v) is 12.1. The van der Waals surface area contributed by atoms with Crippen molar-refractivity contribution in [1.29, 1.82) is 0 Å². The Kier molecular flexibility index (Phi) is 13.9. The summed E-state index contributed by atoms with van der Waals surface area (Å²) in [6, 6.07) is 0.708. The molecule has 0 aromatic rings. The fraction of sp³-hybridized carbons (Fsp3) is 1.00. The van der Waals surface area contributed by atoms with Crippen LogP contribution in [0.4, 0.5) is 0 Å². The van der Waals surface area contributed by atoms with E-state index in [1.807, 2.05) is 0 Å². The Balaban J connectivity index is 3.02. The van der Waals surface area contributed by atoms with Crippen LogP contribution in [0.15, 0.2) is 0 Å². The number of nitrogens with two attached hydrogens (primary N) is 1. The van der Waals surface area contributed by atoms with E-state index in [4.69, 9.17) is 5.73 Å². The lowest BCUT2D eigenvalue weighted by Crippen LogP contribution is -2.26. The van der Waals surface area contributed by atoms with Crippen molar-refractivity contribution in [3.8, 4) is 0 Å². The van der Waals surface area contributed by atoms with Crippen LogP contribution in [0.2, 0.25) is 0 Å². The molecule has 0 saturated carbocycles. The van der Waals surface area contributed by atoms with Crippen molar-refractivity contribution in [2.75, 3.05) is 13.1 Å². The summed E-state index contributed by atoms with van der Waals surface area (Å²) in [5.41, 5.74) is 5.46. The first-order valence-corrected chi connectivity index (χ1v) is 7.74. The molecule has 1 unspecified atom stereocenters. The molecule has 0 aliphatic heterocycles. The summed E-state index contributed by atoms with van der Waals surface area (Å²) in [6.45, 7) is 6.63. The fourth-order valence-electron chi connectivity index (χ4n) is 2.11. The summed E-state index contributed by atoms with van der Waals surface area (Å²) in [5, 5.41) is 3.61. The van der Waals surface area contributed by atoms with Gasteiger partial charge in [-0.1, -0.05) is 51.9 Å². The predicted octanol–water partition coefficient (Wildman–Crippen LogP) is 3.84. The molecule has 3 N–H and O–H groups in total. The van der Waals surface area contributed by atoms with Gasteiger partial charge in [-0.2, -0.15) is 0 Å². The quantitative estimate of drug-likeness (QED) is 0.482. The van der Waals surface area contributed by atoms with Crippen LogP contribution in [-0.4, -0.2) is 19.1 Å². The summed E-state index contributed by atoms with van der Waals surface area (Å²) in [4.78, 5) is 0. The minimum absolute atomic E-state index is 0.708. The number of nitrogens with one attached hydrogen (secondary N) is 1. The van der Waals surface area contributed by atoms with Gasteiger partial charge in [-0.3, -0.25) is 0 Å². The molecule has 2 nitrogen and oxygen atoms in total. The molecular formula is C15H34N2. The van der Waals surface area contributed by atoms with Gasteiger partial charge in [0.25, 0.3) is 0 Å². The van der Waals surface area contributed by atoms with Crippen LogP contribution in [0.5, 0.6) is 0 Å². The van der Waals surface area contributed by atoms with Crippen molar-refractivity contribution in [1.82, 2.24) is 5.32 Å². The van der Waals surface area contributed by atoms with Crippen LogP contribution in [0, 0.1) is 0 Å². The lowest BCUT2D eigenvalue weighted by Gasteiger charge is -2.12. The third-order valence-corrected chi connectivity index (χ3v) is 3.36. The van der Waals surface area contributed by atoms with E-state index in [9.17, 15) is 0 Å². The lowest BCUT2D eigenvalue weighted by molar-refractivity contribution is 0.476. The second-order valence-electron chi connectivity index (χ2n) is 5.26. The minimum Gasteiger partial charge on any atom is -0.330 e. The van der Waals surface area contributed by atoms with Crippen molar-refractivity contribution in [2.45, 2.75) is 84.1 Å². The molecule has 1 atom stereocenters. The number of rotatable bonds is 13. The molecule has 104 valence electrons. The van der Waals surface area contributed by atoms with Crippen LogP contribution < -0.4 is 11.1 Å². The first-order chi connectivity index (χ1) is 8.31. The molecule has 0 aromatic carbocycles. The molecule has 0 saturated heterocycles. The highest BCUT2D eigenvalue weighted by atomic mass is 14.9. The summed E-state index contributed by atoms with van der Waals surface area (Å²) < 4.78 is 0. The molecule has 0 aromatic heterocycles. The van der Waals surface area contributed by atoms with Crippen molar-refractivity contribution in [3.63, 3.8) is 0 Å². The average molecular weight is 242 g/mol. The van der Waals surface area contributed by atoms with Gasteiger partial charge in [-0.05, 0) is 39.3 Å². The highest BCUT2D eigenvalue weighted by Crippen LogP contribution is 2.06. The van der Waals surface area contributed by atoms with Gasteiger partial charge >= 0.3 is 0 Å². The van der Waals surface area contributed by atoms with Gasteiger partial charge in [0.05, 0.1) is 0 Å². The molecule has 2 heteroatoms. The van der Waals surface area contributed by atoms with Gasteiger partial charge in [-0.25, -0.2) is 0 Å². The standard InChI is InChI=1S/C15H34N2/c1-3-4-12-15(2)17-14-11-9-7-5-6-8-10-13-16/h15,17H,3-14,16H2,1-2H3. The maximum atomic E-state index is 5.46. The number of hydrogen-bond donors (Lipinski definition) is 2. The smallest absolute Gasteiger partial charge is 0.00387 e. The zero-order chi connectivity index (χ0) is 12.8. The molecule has 0 bridgehead atoms. The van der Waals surface area contributed by atoms with Crippen molar-refractivity contribution < 1.29 is 0 Å². The van der Waals surface area contributed by atoms with Gasteiger partial charge < -0.3 is 11.1 Å². The van der Waals surface area contributed by atoms with Gasteiger partial charge in [0, 0.05) is 6.04 Å². The molecule has 0 aliphatic carbocycles. The van der Waals surface area contributed by atoms with E-state index in [1.165, 1.54) is 70.8 Å². The van der Waals surface area contributed by atoms with E-state index in [1.54, 1.807) is 0 Å². The molecule has 0 amide bonds. The Morgan fingerprint density at radius 1 is 0.882 bits per heavy atom. The lowest BCUT2D eigenvalue weighted by atomic mass is 10.1. The van der Waals surface area contributed by atoms with Crippen molar-refractivity contribution in [2.24, 2.45) is 5.73 Å². The van der Waals surface area contributed by atoms with E-state index in [2.05, 4.69) is 19.2 Å². The van der Waals surface area contributed by atoms with Gasteiger partial charge in [0.2, 0.25) is 0 Å². The van der Waals surface area contributed by atoms with Crippen LogP contribution >= 0.6 is 0 Å². The number of hydrogen-bond acceptors (Lipinski definition) is 2. The zero-order valence-electron chi connectivity index (χ0n) is 12.1. The topological polar surface area (TPSA) is 38.0 Å². The van der Waals surface area contributed by atoms with Crippen LogP contribution in [0.3, 0.4) is 0 Å². The second kappa shape index (κ2) is 14.0. The van der Waals surface area contributed by atoms with E-state index >= 15 is 0 Å². The highest BCUT2D eigenvalue weighted by Gasteiger charge is 1.99. The van der Waals surface area contributed by atoms with Crippen LogP contribution in [0.1, 0.15) is 78.1 Å². The maximum Gasteiger partial charge on any atom is 0.00387 e. The third-order valence-electron chi connectivity index (χ3n) is 3.36. The normalized spacial score (nSPS) is 12.9. The molecule has 0 rings (SSSR count). The second-order valence-corrected chi connectivity index (χ2v) is 5.26. The SMILES string of the molecule is CCCCC(C)NCCCCCCCCCN. The largest absolute Gasteiger partial charge is 0.330 e. The summed E-state index contributed by atoms with van der Waals surface area (Å²) in [5.74, 6) is 0. The first-order valence-electron chi connectivity index (χ1n) is 7.74. The minimum atomic E-state index is 0.708. The van der Waals surface area contributed by atoms with Crippen LogP contribution in [0.25, 0.3) is 0 Å². The molecule has 0 spiro atoms. The summed E-state index contributed by atoms with van der Waals surface area (Å²) >= 11 is 0. The monoisotopic (exact) mass is 242 g/mol. The summed E-state index contributed by atoms with van der Waals surface area (Å²) in [6.07, 6.45) is 13.4. The molecule has 0 radical (unpaired) electrons. The first kappa shape index (κ1) is 16.9. The predicted molar refractivity (Wildman–Crippen MR) is 78.4 cm³/mol. The van der Waals surface area contributed by atoms with Gasteiger partial charge in [0.1, 0.15) is 0 Å². The molecule has 0 fully saturated rings. The Labute approximate surface area is 109 Å². The van der Waals surface area contributed by atoms with E-state index in [0.29, 0.717) is 6.04 Å². The van der Waals surface area contributed by atoms with E-state index < -0.39 is 0 Å². The fourth-order valence-corrected chi connectivity index (χ4v) is 2.11.